The van der Waals surface area contributed by atoms with Crippen LogP contribution in [-0.2, 0) is 11.2 Å². The molecular formula is C21H27N3O. The van der Waals surface area contributed by atoms with Crippen LogP contribution in [0.4, 0.5) is 5.69 Å². The summed E-state index contributed by atoms with van der Waals surface area (Å²) in [5.41, 5.74) is 2.26. The number of hydrogen-bond acceptors (Lipinski definition) is 3. The zero-order chi connectivity index (χ0) is 17.3. The van der Waals surface area contributed by atoms with E-state index in [1.807, 2.05) is 41.3 Å². The van der Waals surface area contributed by atoms with Gasteiger partial charge in [0, 0.05) is 24.8 Å². The lowest BCUT2D eigenvalue weighted by atomic mass is 10.1. The van der Waals surface area contributed by atoms with Crippen molar-refractivity contribution in [1.29, 1.82) is 0 Å². The Hall–Kier alpha value is -2.33. The molecule has 1 aliphatic heterocycles. The van der Waals surface area contributed by atoms with Crippen molar-refractivity contribution in [2.75, 3.05) is 31.5 Å². The average Bonchev–Trinajstić information content (AvgIpc) is 3.18. The highest BCUT2D eigenvalue weighted by Gasteiger charge is 2.21. The lowest BCUT2D eigenvalue weighted by Crippen LogP contribution is -2.44. The van der Waals surface area contributed by atoms with E-state index in [4.69, 9.17) is 0 Å². The van der Waals surface area contributed by atoms with E-state index in [-0.39, 0.29) is 5.91 Å². The van der Waals surface area contributed by atoms with Gasteiger partial charge in [-0.2, -0.15) is 0 Å². The number of para-hydroxylation sites is 1. The molecule has 0 aliphatic carbocycles. The predicted molar refractivity (Wildman–Crippen MR) is 103 cm³/mol. The molecule has 1 atom stereocenters. The van der Waals surface area contributed by atoms with Crippen LogP contribution in [0.2, 0.25) is 0 Å². The molecule has 25 heavy (non-hydrogen) atoms. The van der Waals surface area contributed by atoms with E-state index in [0.29, 0.717) is 12.6 Å². The first-order valence-corrected chi connectivity index (χ1v) is 9.15. The molecule has 2 N–H and O–H groups in total. The Bertz CT molecular complexity index is 639. The Labute approximate surface area is 150 Å². The maximum Gasteiger partial charge on any atom is 0.241 e. The maximum absolute atomic E-state index is 12.8. The van der Waals surface area contributed by atoms with Crippen molar-refractivity contribution in [2.24, 2.45) is 0 Å². The Balaban J connectivity index is 1.57. The van der Waals surface area contributed by atoms with E-state index in [1.54, 1.807) is 0 Å². The number of amides is 1. The third-order valence-corrected chi connectivity index (χ3v) is 4.69. The van der Waals surface area contributed by atoms with E-state index in [9.17, 15) is 4.79 Å². The largest absolute Gasteiger partial charge is 0.376 e. The van der Waals surface area contributed by atoms with E-state index >= 15 is 0 Å². The molecule has 1 saturated heterocycles. The summed E-state index contributed by atoms with van der Waals surface area (Å²) < 4.78 is 0. The zero-order valence-electron chi connectivity index (χ0n) is 14.7. The van der Waals surface area contributed by atoms with E-state index in [1.165, 1.54) is 12.0 Å². The lowest BCUT2D eigenvalue weighted by molar-refractivity contribution is -0.129. The van der Waals surface area contributed by atoms with Crippen molar-refractivity contribution in [1.82, 2.24) is 10.2 Å². The van der Waals surface area contributed by atoms with E-state index < -0.39 is 0 Å². The maximum atomic E-state index is 12.8. The molecule has 1 amide bonds. The predicted octanol–water partition coefficient (Wildman–Crippen LogP) is 2.92. The van der Waals surface area contributed by atoms with Gasteiger partial charge in [-0.25, -0.2) is 0 Å². The van der Waals surface area contributed by atoms with Gasteiger partial charge in [-0.15, -0.1) is 0 Å². The number of carbonyl (C=O) groups excluding carboxylic acids is 1. The van der Waals surface area contributed by atoms with Gasteiger partial charge in [0.05, 0.1) is 6.54 Å². The minimum absolute atomic E-state index is 0.161. The number of hydrogen-bond donors (Lipinski definition) is 2. The summed E-state index contributed by atoms with van der Waals surface area (Å²) in [6, 6.07) is 20.7. The number of carbonyl (C=O) groups is 1. The minimum atomic E-state index is 0.161. The Morgan fingerprint density at radius 2 is 1.80 bits per heavy atom. The van der Waals surface area contributed by atoms with E-state index in [0.717, 1.165) is 38.2 Å². The fourth-order valence-electron chi connectivity index (χ4n) is 3.25. The summed E-state index contributed by atoms with van der Waals surface area (Å²) in [6.07, 6.45) is 3.25. The minimum Gasteiger partial charge on any atom is -0.376 e. The van der Waals surface area contributed by atoms with Gasteiger partial charge in [0.1, 0.15) is 0 Å². The monoisotopic (exact) mass is 337 g/mol. The van der Waals surface area contributed by atoms with Crippen LogP contribution in [0.15, 0.2) is 60.7 Å². The molecule has 3 rings (SSSR count). The highest BCUT2D eigenvalue weighted by atomic mass is 16.2. The van der Waals surface area contributed by atoms with Crippen molar-refractivity contribution >= 4 is 11.6 Å². The Morgan fingerprint density at radius 1 is 1.08 bits per heavy atom. The molecule has 0 bridgehead atoms. The van der Waals surface area contributed by atoms with Crippen molar-refractivity contribution in [2.45, 2.75) is 25.3 Å². The molecule has 0 aromatic heterocycles. The first-order valence-electron chi connectivity index (χ1n) is 9.15. The van der Waals surface area contributed by atoms with Crippen LogP contribution in [0.3, 0.4) is 0 Å². The molecule has 0 unspecified atom stereocenters. The molecule has 2 aromatic rings. The molecule has 1 fully saturated rings. The van der Waals surface area contributed by atoms with Gasteiger partial charge >= 0.3 is 0 Å². The second kappa shape index (κ2) is 9.23. The zero-order valence-corrected chi connectivity index (χ0v) is 14.7. The summed E-state index contributed by atoms with van der Waals surface area (Å²) in [5, 5.41) is 6.74. The third kappa shape index (κ3) is 5.61. The molecule has 1 aliphatic rings. The van der Waals surface area contributed by atoms with Crippen LogP contribution >= 0.6 is 0 Å². The number of rotatable bonds is 8. The summed E-state index contributed by atoms with van der Waals surface area (Å²) in [5.74, 6) is 0.161. The van der Waals surface area contributed by atoms with Gasteiger partial charge < -0.3 is 15.5 Å². The summed E-state index contributed by atoms with van der Waals surface area (Å²) in [7, 11) is 0. The average molecular weight is 337 g/mol. The smallest absolute Gasteiger partial charge is 0.241 e. The lowest BCUT2D eigenvalue weighted by Gasteiger charge is -2.26. The fourth-order valence-corrected chi connectivity index (χ4v) is 3.25. The molecule has 132 valence electrons. The van der Waals surface area contributed by atoms with Crippen LogP contribution in [0, 0.1) is 0 Å². The van der Waals surface area contributed by atoms with Gasteiger partial charge in [0.25, 0.3) is 0 Å². The topological polar surface area (TPSA) is 44.4 Å². The van der Waals surface area contributed by atoms with Gasteiger partial charge in [-0.1, -0.05) is 48.5 Å². The summed E-state index contributed by atoms with van der Waals surface area (Å²) in [6.45, 7) is 2.96. The van der Waals surface area contributed by atoms with Gasteiger partial charge in [0.2, 0.25) is 5.91 Å². The number of nitrogens with one attached hydrogen (secondary N) is 2. The van der Waals surface area contributed by atoms with Crippen LogP contribution in [0.1, 0.15) is 18.4 Å². The van der Waals surface area contributed by atoms with Crippen LogP contribution in [0.5, 0.6) is 0 Å². The van der Waals surface area contributed by atoms with E-state index in [2.05, 4.69) is 34.9 Å². The third-order valence-electron chi connectivity index (χ3n) is 4.69. The second-order valence-electron chi connectivity index (χ2n) is 6.59. The van der Waals surface area contributed by atoms with Crippen molar-refractivity contribution in [3.63, 3.8) is 0 Å². The van der Waals surface area contributed by atoms with Gasteiger partial charge in [-0.05, 0) is 43.5 Å². The molecular weight excluding hydrogens is 310 g/mol. The number of anilines is 1. The van der Waals surface area contributed by atoms with Crippen LogP contribution < -0.4 is 10.6 Å². The number of nitrogens with zero attached hydrogens (tertiary/aromatic N) is 1. The standard InChI is InChI=1S/C21H27N3O/c25-21(16-23-19-10-5-2-6-11-19)24(17-20-12-7-14-22-20)15-13-18-8-3-1-4-9-18/h1-6,8-11,20,22-23H,7,12-17H2/t20-/m0/s1. The Kier molecular flexibility index (Phi) is 6.46. The van der Waals surface area contributed by atoms with Crippen LogP contribution in [0.25, 0.3) is 0 Å². The first-order chi connectivity index (χ1) is 12.3. The normalized spacial score (nSPS) is 16.6. The molecule has 0 radical (unpaired) electrons. The van der Waals surface area contributed by atoms with Gasteiger partial charge in [0.15, 0.2) is 0 Å². The molecule has 0 spiro atoms. The van der Waals surface area contributed by atoms with Crippen molar-refractivity contribution in [3.05, 3.63) is 66.2 Å². The van der Waals surface area contributed by atoms with Crippen molar-refractivity contribution < 1.29 is 4.79 Å². The van der Waals surface area contributed by atoms with Gasteiger partial charge in [-0.3, -0.25) is 4.79 Å². The molecule has 1 heterocycles. The number of benzene rings is 2. The SMILES string of the molecule is O=C(CNc1ccccc1)N(CCc1ccccc1)C[C@@H]1CCCN1. The Morgan fingerprint density at radius 3 is 2.48 bits per heavy atom. The fraction of sp³-hybridized carbons (Fsp3) is 0.381. The molecule has 4 nitrogen and oxygen atoms in total. The summed E-state index contributed by atoms with van der Waals surface area (Å²) in [4.78, 5) is 14.8. The molecule has 0 saturated carbocycles. The summed E-state index contributed by atoms with van der Waals surface area (Å²) >= 11 is 0. The van der Waals surface area contributed by atoms with Crippen LogP contribution in [-0.4, -0.2) is 43.0 Å². The molecule has 2 aromatic carbocycles. The molecule has 4 heteroatoms. The highest BCUT2D eigenvalue weighted by molar-refractivity contribution is 5.81. The first kappa shape index (κ1) is 17.5. The van der Waals surface area contributed by atoms with Crippen molar-refractivity contribution in [3.8, 4) is 0 Å². The highest BCUT2D eigenvalue weighted by Crippen LogP contribution is 2.10. The second-order valence-corrected chi connectivity index (χ2v) is 6.59. The quantitative estimate of drug-likeness (QED) is 0.778.